The molecule has 1 aromatic carbocycles. The van der Waals surface area contributed by atoms with Gasteiger partial charge in [0, 0.05) is 49.3 Å². The van der Waals surface area contributed by atoms with Crippen molar-refractivity contribution in [3.05, 3.63) is 72.6 Å². The SMILES string of the molecule is Cc1cc(C)c(-c2nccn2CCn2cccn2)c(-n2cccn2)c1. The van der Waals surface area contributed by atoms with E-state index in [1.54, 1.807) is 12.4 Å². The third kappa shape index (κ3) is 2.98. The first-order valence-corrected chi connectivity index (χ1v) is 8.32. The summed E-state index contributed by atoms with van der Waals surface area (Å²) in [6, 6.07) is 8.22. The fourth-order valence-corrected chi connectivity index (χ4v) is 3.19. The Morgan fingerprint density at radius 3 is 2.48 bits per heavy atom. The molecule has 25 heavy (non-hydrogen) atoms. The molecule has 0 saturated carbocycles. The number of rotatable bonds is 5. The standard InChI is InChI=1S/C19H20N6/c1-15-13-16(2)18(17(14-15)25-9-4-6-22-25)19-20-7-10-23(19)11-12-24-8-3-5-21-24/h3-10,13-14H,11-12H2,1-2H3. The predicted molar refractivity (Wildman–Crippen MR) is 96.5 cm³/mol. The Kier molecular flexibility index (Phi) is 3.93. The van der Waals surface area contributed by atoms with Gasteiger partial charge in [-0.2, -0.15) is 10.2 Å². The van der Waals surface area contributed by atoms with Crippen molar-refractivity contribution in [2.45, 2.75) is 26.9 Å². The molecule has 0 fully saturated rings. The molecule has 4 rings (SSSR count). The van der Waals surface area contributed by atoms with E-state index in [-0.39, 0.29) is 0 Å². The number of imidazole rings is 1. The highest BCUT2D eigenvalue weighted by molar-refractivity contribution is 5.72. The van der Waals surface area contributed by atoms with Crippen LogP contribution in [0.15, 0.2) is 61.4 Å². The molecule has 0 atom stereocenters. The van der Waals surface area contributed by atoms with Gasteiger partial charge in [-0.05, 0) is 43.2 Å². The second-order valence-electron chi connectivity index (χ2n) is 6.14. The third-order valence-corrected chi connectivity index (χ3v) is 4.28. The largest absolute Gasteiger partial charge is 0.329 e. The summed E-state index contributed by atoms with van der Waals surface area (Å²) in [6.45, 7) is 5.84. The summed E-state index contributed by atoms with van der Waals surface area (Å²) in [5, 5.41) is 8.70. The van der Waals surface area contributed by atoms with Crippen molar-refractivity contribution in [1.82, 2.24) is 29.1 Å². The van der Waals surface area contributed by atoms with Crippen LogP contribution in [0.1, 0.15) is 11.1 Å². The van der Waals surface area contributed by atoms with Crippen LogP contribution in [0.4, 0.5) is 0 Å². The molecule has 0 spiro atoms. The van der Waals surface area contributed by atoms with E-state index in [0.717, 1.165) is 30.2 Å². The Morgan fingerprint density at radius 1 is 0.880 bits per heavy atom. The second-order valence-corrected chi connectivity index (χ2v) is 6.14. The van der Waals surface area contributed by atoms with Gasteiger partial charge in [-0.15, -0.1) is 0 Å². The zero-order valence-corrected chi connectivity index (χ0v) is 14.4. The minimum Gasteiger partial charge on any atom is -0.329 e. The number of benzene rings is 1. The van der Waals surface area contributed by atoms with Crippen molar-refractivity contribution in [1.29, 1.82) is 0 Å². The first-order valence-electron chi connectivity index (χ1n) is 8.32. The first-order chi connectivity index (χ1) is 12.2. The van der Waals surface area contributed by atoms with Gasteiger partial charge in [0.15, 0.2) is 0 Å². The van der Waals surface area contributed by atoms with Crippen LogP contribution >= 0.6 is 0 Å². The number of hydrogen-bond acceptors (Lipinski definition) is 3. The van der Waals surface area contributed by atoms with E-state index < -0.39 is 0 Å². The van der Waals surface area contributed by atoms with E-state index in [0.29, 0.717) is 0 Å². The van der Waals surface area contributed by atoms with Gasteiger partial charge in [0.2, 0.25) is 0 Å². The van der Waals surface area contributed by atoms with E-state index >= 15 is 0 Å². The molecule has 3 aromatic heterocycles. The second kappa shape index (κ2) is 6.39. The molecule has 0 amide bonds. The molecule has 0 bridgehead atoms. The minimum atomic E-state index is 0.804. The molecule has 6 heteroatoms. The van der Waals surface area contributed by atoms with Crippen LogP contribution in [0.25, 0.3) is 17.1 Å². The van der Waals surface area contributed by atoms with E-state index in [9.17, 15) is 0 Å². The van der Waals surface area contributed by atoms with E-state index in [4.69, 9.17) is 0 Å². The van der Waals surface area contributed by atoms with Crippen molar-refractivity contribution in [3.63, 3.8) is 0 Å². The Morgan fingerprint density at radius 2 is 1.72 bits per heavy atom. The summed E-state index contributed by atoms with van der Waals surface area (Å²) in [5.41, 5.74) is 4.56. The number of aryl methyl sites for hydroxylation is 4. The highest BCUT2D eigenvalue weighted by atomic mass is 15.3. The Labute approximate surface area is 146 Å². The van der Waals surface area contributed by atoms with Gasteiger partial charge in [-0.3, -0.25) is 4.68 Å². The number of nitrogens with zero attached hydrogens (tertiary/aromatic N) is 6. The van der Waals surface area contributed by atoms with Gasteiger partial charge in [-0.1, -0.05) is 6.07 Å². The van der Waals surface area contributed by atoms with Crippen molar-refractivity contribution in [3.8, 4) is 17.1 Å². The molecule has 0 radical (unpaired) electrons. The third-order valence-electron chi connectivity index (χ3n) is 4.28. The predicted octanol–water partition coefficient (Wildman–Crippen LogP) is 3.25. The number of hydrogen-bond donors (Lipinski definition) is 0. The molecular weight excluding hydrogens is 312 g/mol. The average molecular weight is 332 g/mol. The fraction of sp³-hybridized carbons (Fsp3) is 0.211. The molecule has 0 aliphatic heterocycles. The zero-order valence-electron chi connectivity index (χ0n) is 14.4. The first kappa shape index (κ1) is 15.4. The molecule has 0 unspecified atom stereocenters. The maximum Gasteiger partial charge on any atom is 0.142 e. The monoisotopic (exact) mass is 332 g/mol. The molecule has 126 valence electrons. The molecule has 3 heterocycles. The lowest BCUT2D eigenvalue weighted by molar-refractivity contribution is 0.536. The maximum atomic E-state index is 4.64. The summed E-state index contributed by atoms with van der Waals surface area (Å²) in [6.07, 6.45) is 11.4. The van der Waals surface area contributed by atoms with E-state index in [1.165, 1.54) is 11.1 Å². The Hall–Kier alpha value is -3.15. The van der Waals surface area contributed by atoms with Gasteiger partial charge in [0.1, 0.15) is 5.82 Å². The highest BCUT2D eigenvalue weighted by Gasteiger charge is 2.16. The van der Waals surface area contributed by atoms with Crippen LogP contribution < -0.4 is 0 Å². The van der Waals surface area contributed by atoms with Crippen LogP contribution in [0.5, 0.6) is 0 Å². The van der Waals surface area contributed by atoms with Gasteiger partial charge in [-0.25, -0.2) is 9.67 Å². The molecule has 4 aromatic rings. The molecule has 0 aliphatic carbocycles. The molecular formula is C19H20N6. The lowest BCUT2D eigenvalue weighted by Gasteiger charge is -2.16. The summed E-state index contributed by atoms with van der Waals surface area (Å²) in [5.74, 6) is 0.954. The Balaban J connectivity index is 1.77. The van der Waals surface area contributed by atoms with Crippen LogP contribution in [0, 0.1) is 13.8 Å². The molecule has 0 N–H and O–H groups in total. The zero-order chi connectivity index (χ0) is 17.2. The quantitative estimate of drug-likeness (QED) is 0.564. The molecule has 6 nitrogen and oxygen atoms in total. The molecule has 0 saturated heterocycles. The summed E-state index contributed by atoms with van der Waals surface area (Å²) >= 11 is 0. The Bertz CT molecular complexity index is 964. The molecule has 0 aliphatic rings. The van der Waals surface area contributed by atoms with Gasteiger partial charge < -0.3 is 4.57 Å². The normalized spacial score (nSPS) is 11.1. The minimum absolute atomic E-state index is 0.804. The highest BCUT2D eigenvalue weighted by Crippen LogP contribution is 2.30. The van der Waals surface area contributed by atoms with Crippen molar-refractivity contribution in [2.75, 3.05) is 0 Å². The van der Waals surface area contributed by atoms with Crippen LogP contribution in [0.3, 0.4) is 0 Å². The summed E-state index contributed by atoms with van der Waals surface area (Å²) in [7, 11) is 0. The lowest BCUT2D eigenvalue weighted by atomic mass is 10.0. The van der Waals surface area contributed by atoms with E-state index in [2.05, 4.69) is 45.7 Å². The van der Waals surface area contributed by atoms with Crippen LogP contribution in [0.2, 0.25) is 0 Å². The smallest absolute Gasteiger partial charge is 0.142 e. The summed E-state index contributed by atoms with van der Waals surface area (Å²) in [4.78, 5) is 4.64. The van der Waals surface area contributed by atoms with Crippen molar-refractivity contribution >= 4 is 0 Å². The van der Waals surface area contributed by atoms with Crippen molar-refractivity contribution in [2.24, 2.45) is 0 Å². The lowest BCUT2D eigenvalue weighted by Crippen LogP contribution is -2.10. The van der Waals surface area contributed by atoms with Crippen LogP contribution in [-0.4, -0.2) is 29.1 Å². The van der Waals surface area contributed by atoms with Gasteiger partial charge in [0.25, 0.3) is 0 Å². The topological polar surface area (TPSA) is 53.5 Å². The summed E-state index contributed by atoms with van der Waals surface area (Å²) < 4.78 is 6.01. The number of aromatic nitrogens is 6. The average Bonchev–Trinajstić information content (AvgIpc) is 3.34. The van der Waals surface area contributed by atoms with Gasteiger partial charge >= 0.3 is 0 Å². The van der Waals surface area contributed by atoms with E-state index in [1.807, 2.05) is 46.3 Å². The van der Waals surface area contributed by atoms with Gasteiger partial charge in [0.05, 0.1) is 12.2 Å². The van der Waals surface area contributed by atoms with Crippen LogP contribution in [-0.2, 0) is 13.1 Å². The fourth-order valence-electron chi connectivity index (χ4n) is 3.19. The maximum absolute atomic E-state index is 4.64. The van der Waals surface area contributed by atoms with Crippen molar-refractivity contribution < 1.29 is 0 Å².